The molecule has 0 aliphatic carbocycles. The summed E-state index contributed by atoms with van der Waals surface area (Å²) >= 11 is 0. The van der Waals surface area contributed by atoms with E-state index >= 15 is 0 Å². The fourth-order valence-electron chi connectivity index (χ4n) is 2.78. The van der Waals surface area contributed by atoms with Crippen molar-refractivity contribution in [3.8, 4) is 6.07 Å². The molecule has 4 unspecified atom stereocenters. The summed E-state index contributed by atoms with van der Waals surface area (Å²) in [5, 5.41) is 12.0. The molecule has 0 aromatic heterocycles. The van der Waals surface area contributed by atoms with E-state index in [0.29, 0.717) is 0 Å². The number of nitrogens with zero attached hydrogens (tertiary/aromatic N) is 1. The van der Waals surface area contributed by atoms with Crippen LogP contribution in [0.1, 0.15) is 34.6 Å². The van der Waals surface area contributed by atoms with Gasteiger partial charge >= 0.3 is 23.9 Å². The van der Waals surface area contributed by atoms with Crippen LogP contribution in [0, 0.1) is 11.3 Å². The summed E-state index contributed by atoms with van der Waals surface area (Å²) in [6, 6.07) is 1.70. The van der Waals surface area contributed by atoms with Crippen LogP contribution in [0.15, 0.2) is 0 Å². The molecule has 0 radical (unpaired) electrons. The van der Waals surface area contributed by atoms with Gasteiger partial charge in [0.15, 0.2) is 12.2 Å². The molecule has 1 N–H and O–H groups in total. The molecule has 1 rings (SSSR count). The number of ether oxygens (including phenoxy) is 5. The molecule has 160 valence electrons. The third kappa shape index (κ3) is 6.42. The predicted octanol–water partition coefficient (Wildman–Crippen LogP) is -0.901. The lowest BCUT2D eigenvalue weighted by molar-refractivity contribution is -0.276. The van der Waals surface area contributed by atoms with Gasteiger partial charge in [-0.3, -0.25) is 24.0 Å². The first kappa shape index (κ1) is 23.8. The zero-order chi connectivity index (χ0) is 22.4. The van der Waals surface area contributed by atoms with Gasteiger partial charge < -0.3 is 29.0 Å². The number of hydrogen-bond acceptors (Lipinski definition) is 11. The molecule has 1 amide bonds. The SMILES string of the molecule is CC(=O)N[C@@]1(C#N)OC(COC(C)=O)C(OC(C)=O)C(OC(C)=O)C1OC(C)=O. The summed E-state index contributed by atoms with van der Waals surface area (Å²) in [5.41, 5.74) is -2.32. The van der Waals surface area contributed by atoms with Crippen LogP contribution in [0.4, 0.5) is 0 Å². The van der Waals surface area contributed by atoms with E-state index in [0.717, 1.165) is 34.6 Å². The minimum atomic E-state index is -2.32. The smallest absolute Gasteiger partial charge is 0.303 e. The summed E-state index contributed by atoms with van der Waals surface area (Å²) in [7, 11) is 0. The van der Waals surface area contributed by atoms with E-state index in [2.05, 4.69) is 5.32 Å². The molecule has 1 heterocycles. The second-order valence-electron chi connectivity index (χ2n) is 6.17. The highest BCUT2D eigenvalue weighted by atomic mass is 16.7. The van der Waals surface area contributed by atoms with Gasteiger partial charge in [-0.25, -0.2) is 0 Å². The number of carbonyl (C=O) groups excluding carboxylic acids is 5. The lowest BCUT2D eigenvalue weighted by atomic mass is 9.90. The van der Waals surface area contributed by atoms with E-state index in [-0.39, 0.29) is 0 Å². The van der Waals surface area contributed by atoms with E-state index in [4.69, 9.17) is 23.7 Å². The predicted molar refractivity (Wildman–Crippen MR) is 90.3 cm³/mol. The summed E-state index contributed by atoms with van der Waals surface area (Å²) < 4.78 is 25.9. The van der Waals surface area contributed by atoms with Gasteiger partial charge in [0.25, 0.3) is 5.72 Å². The average molecular weight is 414 g/mol. The van der Waals surface area contributed by atoms with E-state index in [1.807, 2.05) is 0 Å². The van der Waals surface area contributed by atoms with E-state index in [1.54, 1.807) is 6.07 Å². The Labute approximate surface area is 166 Å². The maximum absolute atomic E-state index is 11.7. The zero-order valence-corrected chi connectivity index (χ0v) is 16.5. The number of rotatable bonds is 6. The van der Waals surface area contributed by atoms with Gasteiger partial charge in [-0.1, -0.05) is 0 Å². The average Bonchev–Trinajstić information content (AvgIpc) is 2.57. The van der Waals surface area contributed by atoms with Crippen LogP contribution < -0.4 is 5.32 Å². The van der Waals surface area contributed by atoms with Crippen molar-refractivity contribution in [3.05, 3.63) is 0 Å². The van der Waals surface area contributed by atoms with Crippen molar-refractivity contribution < 1.29 is 47.7 Å². The third-order valence-electron chi connectivity index (χ3n) is 3.60. The van der Waals surface area contributed by atoms with Crippen molar-refractivity contribution in [2.45, 2.75) is 64.8 Å². The fourth-order valence-corrected chi connectivity index (χ4v) is 2.78. The second-order valence-corrected chi connectivity index (χ2v) is 6.17. The van der Waals surface area contributed by atoms with Crippen LogP contribution in [0.25, 0.3) is 0 Å². The van der Waals surface area contributed by atoms with Crippen LogP contribution in [-0.4, -0.2) is 66.5 Å². The lowest BCUT2D eigenvalue weighted by Crippen LogP contribution is -2.72. The minimum absolute atomic E-state index is 0.513. The Bertz CT molecular complexity index is 730. The van der Waals surface area contributed by atoms with Gasteiger partial charge in [-0.15, -0.1) is 0 Å². The molecule has 12 nitrogen and oxygen atoms in total. The lowest BCUT2D eigenvalue weighted by Gasteiger charge is -2.47. The number of esters is 4. The number of nitriles is 1. The second kappa shape index (κ2) is 9.83. The molecule has 1 aliphatic heterocycles. The summed E-state index contributed by atoms with van der Waals surface area (Å²) in [6.45, 7) is 4.80. The van der Waals surface area contributed by atoms with Crippen molar-refractivity contribution in [1.82, 2.24) is 5.32 Å². The summed E-state index contributed by atoms with van der Waals surface area (Å²) in [6.07, 6.45) is -6.02. The van der Waals surface area contributed by atoms with E-state index < -0.39 is 66.5 Å². The standard InChI is InChI=1S/C17H22N2O10/c1-8(20)19-17(7-18)16(28-12(5)24)15(27-11(4)23)14(26-10(3)22)13(29-17)6-25-9(2)21/h13-16H,6H2,1-5H3,(H,19,20)/t13?,14?,15?,16?,17-/m0/s1. The number of hydrogen-bond donors (Lipinski definition) is 1. The van der Waals surface area contributed by atoms with Crippen LogP contribution in [0.2, 0.25) is 0 Å². The molecule has 0 saturated carbocycles. The molecule has 0 aromatic carbocycles. The van der Waals surface area contributed by atoms with Crippen LogP contribution in [-0.2, 0) is 47.7 Å². The summed E-state index contributed by atoms with van der Waals surface area (Å²) in [5.74, 6) is -3.99. The largest absolute Gasteiger partial charge is 0.463 e. The Hall–Kier alpha value is -3.20. The Morgan fingerprint density at radius 2 is 1.41 bits per heavy atom. The molecule has 0 aromatic rings. The third-order valence-corrected chi connectivity index (χ3v) is 3.60. The van der Waals surface area contributed by atoms with Crippen molar-refractivity contribution in [2.24, 2.45) is 0 Å². The Kier molecular flexibility index (Phi) is 8.08. The number of carbonyl (C=O) groups is 5. The van der Waals surface area contributed by atoms with Crippen molar-refractivity contribution in [3.63, 3.8) is 0 Å². The molecule has 1 saturated heterocycles. The summed E-state index contributed by atoms with van der Waals surface area (Å²) in [4.78, 5) is 57.8. The van der Waals surface area contributed by atoms with Gasteiger partial charge in [-0.2, -0.15) is 5.26 Å². The molecule has 12 heteroatoms. The quantitative estimate of drug-likeness (QED) is 0.422. The highest BCUT2D eigenvalue weighted by Crippen LogP contribution is 2.34. The van der Waals surface area contributed by atoms with Crippen molar-refractivity contribution >= 4 is 29.8 Å². The molecule has 1 aliphatic rings. The van der Waals surface area contributed by atoms with Gasteiger partial charge in [0.1, 0.15) is 18.8 Å². The highest BCUT2D eigenvalue weighted by Gasteiger charge is 2.61. The van der Waals surface area contributed by atoms with Crippen LogP contribution in [0.5, 0.6) is 0 Å². The van der Waals surface area contributed by atoms with Crippen LogP contribution >= 0.6 is 0 Å². The van der Waals surface area contributed by atoms with Gasteiger partial charge in [0.2, 0.25) is 12.0 Å². The first-order valence-electron chi connectivity index (χ1n) is 8.44. The number of amides is 1. The molecule has 29 heavy (non-hydrogen) atoms. The molecule has 0 spiro atoms. The zero-order valence-electron chi connectivity index (χ0n) is 16.5. The van der Waals surface area contributed by atoms with Gasteiger partial charge in [0, 0.05) is 34.6 Å². The fraction of sp³-hybridized carbons (Fsp3) is 0.647. The molecule has 5 atom stereocenters. The first-order valence-corrected chi connectivity index (χ1v) is 8.44. The molecular weight excluding hydrogens is 392 g/mol. The first-order chi connectivity index (χ1) is 13.4. The number of nitrogens with one attached hydrogen (secondary N) is 1. The van der Waals surface area contributed by atoms with E-state index in [9.17, 15) is 29.2 Å². The monoisotopic (exact) mass is 414 g/mol. The normalized spacial score (nSPS) is 28.3. The van der Waals surface area contributed by atoms with Crippen molar-refractivity contribution in [2.75, 3.05) is 6.61 Å². The maximum atomic E-state index is 11.7. The Morgan fingerprint density at radius 1 is 0.897 bits per heavy atom. The highest BCUT2D eigenvalue weighted by molar-refractivity contribution is 5.75. The minimum Gasteiger partial charge on any atom is -0.463 e. The molecule has 0 bridgehead atoms. The molecule has 1 fully saturated rings. The Morgan fingerprint density at radius 3 is 1.83 bits per heavy atom. The topological polar surface area (TPSA) is 167 Å². The van der Waals surface area contributed by atoms with Crippen molar-refractivity contribution in [1.29, 1.82) is 5.26 Å². The molecular formula is C17H22N2O10. The maximum Gasteiger partial charge on any atom is 0.303 e. The Balaban J connectivity index is 3.56. The van der Waals surface area contributed by atoms with Gasteiger partial charge in [-0.05, 0) is 0 Å². The van der Waals surface area contributed by atoms with Crippen LogP contribution in [0.3, 0.4) is 0 Å². The van der Waals surface area contributed by atoms with Gasteiger partial charge in [0.05, 0.1) is 0 Å². The van der Waals surface area contributed by atoms with E-state index in [1.165, 1.54) is 0 Å².